The van der Waals surface area contributed by atoms with Gasteiger partial charge in [-0.25, -0.2) is 4.57 Å². The maximum Gasteiger partial charge on any atom is 0.472 e. The molecule has 538 valence electrons. The Hall–Kier alpha value is -2.56. The molecule has 24 nitrogen and oxygen atoms in total. The third-order valence-electron chi connectivity index (χ3n) is 17.2. The van der Waals surface area contributed by atoms with Gasteiger partial charge in [0.1, 0.15) is 98.7 Å². The Morgan fingerprint density at radius 1 is 0.413 bits per heavy atom. The third kappa shape index (κ3) is 33.6. The van der Waals surface area contributed by atoms with Gasteiger partial charge < -0.3 is 89.1 Å². The van der Waals surface area contributed by atoms with Crippen molar-refractivity contribution >= 4 is 25.7 Å². The van der Waals surface area contributed by atoms with Crippen molar-refractivity contribution in [3.05, 3.63) is 24.3 Å². The van der Waals surface area contributed by atoms with Crippen molar-refractivity contribution < 1.29 is 117 Å². The third-order valence-corrected chi connectivity index (χ3v) is 18.2. The standard InChI is InChI=1S/C67H121O24P/c1-4-7-10-13-16-19-22-24-27-29-32-35-38-41-51(69)83-45-48(86-53(71)43-40-37-34-31-26-21-18-15-12-9-6-3)46-85-92(81,82)91-65-63(89-66-61(79)56(74)54(72)49(44-68)87-66)59(77)58(76)60(78)64(65)90-67-62(80)57(75)55(73)50(88-67)47-84-52(70)42-39-36-33-30-28-25-23-20-17-14-11-8-5-2/h24-25,27-28,48-50,54-68,72-80H,4-23,26,29-47H2,1-3H3,(H,81,82)/b27-24-,28-25-. The van der Waals surface area contributed by atoms with E-state index in [1.54, 1.807) is 0 Å². The second-order valence-corrected chi connectivity index (χ2v) is 26.6. The van der Waals surface area contributed by atoms with Gasteiger partial charge in [0, 0.05) is 19.3 Å². The highest BCUT2D eigenvalue weighted by molar-refractivity contribution is 7.47. The fourth-order valence-electron chi connectivity index (χ4n) is 11.4. The molecular formula is C67H121O24P. The second-order valence-electron chi connectivity index (χ2n) is 25.2. The number of carbonyl (C=O) groups is 3. The van der Waals surface area contributed by atoms with Crippen molar-refractivity contribution in [3.8, 4) is 0 Å². The van der Waals surface area contributed by atoms with Crippen LogP contribution in [0.25, 0.3) is 0 Å². The van der Waals surface area contributed by atoms with Crippen molar-refractivity contribution in [2.24, 2.45) is 0 Å². The van der Waals surface area contributed by atoms with E-state index in [4.69, 9.17) is 42.2 Å². The Kier molecular flexibility index (Phi) is 45.4. The van der Waals surface area contributed by atoms with Crippen LogP contribution in [0.4, 0.5) is 0 Å². The first-order valence-electron chi connectivity index (χ1n) is 35.1. The predicted molar refractivity (Wildman–Crippen MR) is 342 cm³/mol. The Labute approximate surface area is 547 Å². The largest absolute Gasteiger partial charge is 0.472 e. The van der Waals surface area contributed by atoms with E-state index < -0.39 is 156 Å². The fourth-order valence-corrected chi connectivity index (χ4v) is 12.4. The van der Waals surface area contributed by atoms with Crippen molar-refractivity contribution in [2.75, 3.05) is 26.4 Å². The molecular weight excluding hydrogens is 1220 g/mol. The highest BCUT2D eigenvalue weighted by atomic mass is 31.2. The molecule has 18 atom stereocenters. The number of ether oxygens (including phenoxy) is 7. The van der Waals surface area contributed by atoms with E-state index in [0.717, 1.165) is 96.3 Å². The smallest absolute Gasteiger partial charge is 0.463 e. The number of rotatable bonds is 53. The van der Waals surface area contributed by atoms with Gasteiger partial charge in [-0.3, -0.25) is 23.4 Å². The zero-order chi connectivity index (χ0) is 67.5. The Morgan fingerprint density at radius 2 is 0.761 bits per heavy atom. The summed E-state index contributed by atoms with van der Waals surface area (Å²) < 4.78 is 64.7. The lowest BCUT2D eigenvalue weighted by atomic mass is 9.84. The summed E-state index contributed by atoms with van der Waals surface area (Å²) in [5, 5.41) is 110. The topological polar surface area (TPSA) is 374 Å². The number of aliphatic hydroxyl groups excluding tert-OH is 10. The van der Waals surface area contributed by atoms with Crippen molar-refractivity contribution in [3.63, 3.8) is 0 Å². The summed E-state index contributed by atoms with van der Waals surface area (Å²) in [6.45, 7) is 3.35. The molecule has 2 heterocycles. The normalized spacial score (nSPS) is 28.8. The zero-order valence-electron chi connectivity index (χ0n) is 55.6. The molecule has 0 aromatic heterocycles. The average Bonchev–Trinajstić information content (AvgIpc) is 0.776. The van der Waals surface area contributed by atoms with Gasteiger partial charge in [0.2, 0.25) is 0 Å². The molecule has 0 aromatic rings. The lowest BCUT2D eigenvalue weighted by molar-refractivity contribution is -0.360. The highest BCUT2D eigenvalue weighted by Gasteiger charge is 2.58. The van der Waals surface area contributed by atoms with Gasteiger partial charge in [-0.15, -0.1) is 0 Å². The Morgan fingerprint density at radius 3 is 1.18 bits per heavy atom. The van der Waals surface area contributed by atoms with Gasteiger partial charge in [-0.2, -0.15) is 0 Å². The van der Waals surface area contributed by atoms with Gasteiger partial charge in [0.25, 0.3) is 0 Å². The summed E-state index contributed by atoms with van der Waals surface area (Å²) in [5.74, 6) is -2.03. The first-order chi connectivity index (χ1) is 44.3. The number of carbonyl (C=O) groups excluding carboxylic acids is 3. The maximum atomic E-state index is 14.3. The number of phosphoric acid groups is 1. The van der Waals surface area contributed by atoms with E-state index in [1.165, 1.54) is 96.3 Å². The fraction of sp³-hybridized carbons (Fsp3) is 0.896. The predicted octanol–water partition coefficient (Wildman–Crippen LogP) is 8.18. The van der Waals surface area contributed by atoms with E-state index >= 15 is 0 Å². The highest BCUT2D eigenvalue weighted by Crippen LogP contribution is 2.49. The molecule has 0 amide bonds. The molecule has 18 unspecified atom stereocenters. The number of hydrogen-bond donors (Lipinski definition) is 11. The summed E-state index contributed by atoms with van der Waals surface area (Å²) in [4.78, 5) is 50.7. The SMILES string of the molecule is CCCCCCCC/C=C\CCCCCC(=O)OCC(COP(=O)(O)OC1C(OC2OC(CO)C(O)C(O)C2O)C(O)C(O)C(O)C1OC1OC(COC(=O)CCCCC/C=C\CCCCCCCC)C(O)C(O)C1O)OC(=O)CCCCCCCCCCCCC. The molecule has 2 aliphatic heterocycles. The monoisotopic (exact) mass is 1340 g/mol. The molecule has 92 heavy (non-hydrogen) atoms. The molecule has 3 rings (SSSR count). The lowest BCUT2D eigenvalue weighted by Crippen LogP contribution is -2.69. The molecule has 25 heteroatoms. The molecule has 0 aromatic carbocycles. The van der Waals surface area contributed by atoms with E-state index in [1.807, 2.05) is 0 Å². The molecule has 1 aliphatic carbocycles. The van der Waals surface area contributed by atoms with Gasteiger partial charge in [-0.1, -0.05) is 186 Å². The van der Waals surface area contributed by atoms with Crippen LogP contribution in [0, 0.1) is 0 Å². The summed E-state index contributed by atoms with van der Waals surface area (Å²) >= 11 is 0. The van der Waals surface area contributed by atoms with Crippen molar-refractivity contribution in [1.29, 1.82) is 0 Å². The van der Waals surface area contributed by atoms with Gasteiger partial charge in [-0.05, 0) is 70.6 Å². The molecule has 0 radical (unpaired) electrons. The Bertz CT molecular complexity index is 2020. The van der Waals surface area contributed by atoms with Crippen LogP contribution in [0.5, 0.6) is 0 Å². The van der Waals surface area contributed by atoms with Crippen LogP contribution in [-0.4, -0.2) is 204 Å². The summed E-state index contributed by atoms with van der Waals surface area (Å²) in [7, 11) is -5.69. The summed E-state index contributed by atoms with van der Waals surface area (Å²) in [5.41, 5.74) is 0. The van der Waals surface area contributed by atoms with Crippen LogP contribution in [0.15, 0.2) is 24.3 Å². The van der Waals surface area contributed by atoms with Crippen LogP contribution in [0.2, 0.25) is 0 Å². The number of aliphatic hydroxyl groups is 10. The number of hydrogen-bond acceptors (Lipinski definition) is 23. The molecule has 3 fully saturated rings. The zero-order valence-corrected chi connectivity index (χ0v) is 56.5. The molecule has 1 saturated carbocycles. The van der Waals surface area contributed by atoms with Crippen LogP contribution < -0.4 is 0 Å². The second kappa shape index (κ2) is 49.9. The minimum Gasteiger partial charge on any atom is -0.463 e. The number of phosphoric ester groups is 1. The summed E-state index contributed by atoms with van der Waals surface area (Å²) in [6.07, 6.45) is 7.20. The van der Waals surface area contributed by atoms with Crippen molar-refractivity contribution in [1.82, 2.24) is 0 Å². The van der Waals surface area contributed by atoms with Gasteiger partial charge >= 0.3 is 25.7 Å². The van der Waals surface area contributed by atoms with Gasteiger partial charge in [0.15, 0.2) is 18.7 Å². The van der Waals surface area contributed by atoms with E-state index in [-0.39, 0.29) is 19.3 Å². The molecule has 0 spiro atoms. The van der Waals surface area contributed by atoms with Crippen molar-refractivity contribution in [2.45, 2.75) is 356 Å². The van der Waals surface area contributed by atoms with E-state index in [2.05, 4.69) is 45.1 Å². The number of esters is 3. The minimum absolute atomic E-state index is 0.00758. The van der Waals surface area contributed by atoms with Crippen LogP contribution in [-0.2, 0) is 61.2 Å². The molecule has 0 bridgehead atoms. The number of unbranched alkanes of at least 4 members (excludes halogenated alkanes) is 28. The molecule has 11 N–H and O–H groups in total. The summed E-state index contributed by atoms with van der Waals surface area (Å²) in [6, 6.07) is 0. The quantitative estimate of drug-likeness (QED) is 0.00898. The maximum absolute atomic E-state index is 14.3. The average molecular weight is 1340 g/mol. The molecule has 3 aliphatic rings. The molecule has 2 saturated heterocycles. The Balaban J connectivity index is 1.77. The lowest BCUT2D eigenvalue weighted by Gasteiger charge is -2.49. The van der Waals surface area contributed by atoms with Crippen LogP contribution >= 0.6 is 7.82 Å². The van der Waals surface area contributed by atoms with E-state index in [9.17, 15) is 74.9 Å². The van der Waals surface area contributed by atoms with E-state index in [0.29, 0.717) is 19.3 Å². The van der Waals surface area contributed by atoms with Gasteiger partial charge in [0.05, 0.1) is 13.2 Å². The first kappa shape index (κ1) is 83.7. The minimum atomic E-state index is -5.69. The first-order valence-corrected chi connectivity index (χ1v) is 36.6. The van der Waals surface area contributed by atoms with Crippen LogP contribution in [0.1, 0.15) is 252 Å². The van der Waals surface area contributed by atoms with Crippen LogP contribution in [0.3, 0.4) is 0 Å². The number of allylic oxidation sites excluding steroid dienone is 4.